The average Bonchev–Trinajstić information content (AvgIpc) is 3.46. The van der Waals surface area contributed by atoms with Crippen LogP contribution in [0.4, 0.5) is 5.69 Å². The van der Waals surface area contributed by atoms with E-state index >= 15 is 0 Å². The Morgan fingerprint density at radius 2 is 1.65 bits per heavy atom. The molecule has 0 aromatic heterocycles. The number of carbonyl (C=O) groups is 2. The lowest BCUT2D eigenvalue weighted by molar-refractivity contribution is -0.140. The number of anilines is 1. The van der Waals surface area contributed by atoms with Gasteiger partial charge in [0.25, 0.3) is 0 Å². The van der Waals surface area contributed by atoms with E-state index in [9.17, 15) is 18.0 Å². The lowest BCUT2D eigenvalue weighted by Crippen LogP contribution is -2.53. The van der Waals surface area contributed by atoms with Gasteiger partial charge in [-0.3, -0.25) is 13.9 Å². The Labute approximate surface area is 262 Å². The molecule has 0 unspecified atom stereocenters. The van der Waals surface area contributed by atoms with Gasteiger partial charge in [-0.05, 0) is 48.2 Å². The lowest BCUT2D eigenvalue weighted by atomic mass is 10.0. The van der Waals surface area contributed by atoms with Crippen molar-refractivity contribution >= 4 is 50.7 Å². The van der Waals surface area contributed by atoms with Gasteiger partial charge in [0.1, 0.15) is 12.6 Å². The van der Waals surface area contributed by atoms with Crippen molar-refractivity contribution in [1.29, 1.82) is 0 Å². The van der Waals surface area contributed by atoms with Crippen LogP contribution in [-0.2, 0) is 32.6 Å². The van der Waals surface area contributed by atoms with Gasteiger partial charge in [0.05, 0.1) is 21.5 Å². The van der Waals surface area contributed by atoms with E-state index in [1.165, 1.54) is 17.9 Å². The Kier molecular flexibility index (Phi) is 10.8. The maximum Gasteiger partial charge on any atom is 0.244 e. The standard InChI is InChI=1S/C31H35Cl2N3O6S/c1-4-43(39,40)36(24-11-13-28-29(16-24)42-20-41-28)19-30(37)35(18-23-10-12-25(32)26(33)14-23)27(31(38)34-17-21(2)3)15-22-8-6-5-7-9-22/h5-14,16,21,27H,4,15,17-20H2,1-3H3,(H,34,38)/t27-/m0/s1. The minimum Gasteiger partial charge on any atom is -0.454 e. The molecule has 1 N–H and O–H groups in total. The van der Waals surface area contributed by atoms with Crippen molar-refractivity contribution in [2.75, 3.05) is 29.9 Å². The topological polar surface area (TPSA) is 105 Å². The van der Waals surface area contributed by atoms with Crippen LogP contribution in [0.2, 0.25) is 10.0 Å². The number of fused-ring (bicyclic) bond motifs is 1. The molecule has 1 aliphatic heterocycles. The summed E-state index contributed by atoms with van der Waals surface area (Å²) in [7, 11) is -3.92. The molecular weight excluding hydrogens is 613 g/mol. The number of nitrogens with zero attached hydrogens (tertiary/aromatic N) is 2. The molecule has 0 bridgehead atoms. The number of ether oxygens (including phenoxy) is 2. The summed E-state index contributed by atoms with van der Waals surface area (Å²) in [5.74, 6) is -0.125. The predicted octanol–water partition coefficient (Wildman–Crippen LogP) is 5.29. The molecule has 0 saturated carbocycles. The molecule has 2 amide bonds. The van der Waals surface area contributed by atoms with Crippen LogP contribution < -0.4 is 19.1 Å². The number of hydrogen-bond acceptors (Lipinski definition) is 6. The van der Waals surface area contributed by atoms with E-state index in [0.717, 1.165) is 9.87 Å². The largest absolute Gasteiger partial charge is 0.454 e. The van der Waals surface area contributed by atoms with Gasteiger partial charge in [0.2, 0.25) is 28.6 Å². The fourth-order valence-electron chi connectivity index (χ4n) is 4.57. The third-order valence-electron chi connectivity index (χ3n) is 6.92. The first-order chi connectivity index (χ1) is 20.5. The molecule has 3 aromatic rings. The van der Waals surface area contributed by atoms with Gasteiger partial charge >= 0.3 is 0 Å². The van der Waals surface area contributed by atoms with Gasteiger partial charge in [-0.15, -0.1) is 0 Å². The van der Waals surface area contributed by atoms with Crippen LogP contribution in [0, 0.1) is 5.92 Å². The van der Waals surface area contributed by atoms with Gasteiger partial charge in [-0.25, -0.2) is 8.42 Å². The van der Waals surface area contributed by atoms with E-state index in [0.29, 0.717) is 33.7 Å². The molecule has 230 valence electrons. The fourth-order valence-corrected chi connectivity index (χ4v) is 5.95. The van der Waals surface area contributed by atoms with Crippen molar-refractivity contribution in [3.05, 3.63) is 87.9 Å². The van der Waals surface area contributed by atoms with Crippen LogP contribution in [0.1, 0.15) is 31.9 Å². The first-order valence-electron chi connectivity index (χ1n) is 13.9. The molecule has 43 heavy (non-hydrogen) atoms. The van der Waals surface area contributed by atoms with E-state index < -0.39 is 28.5 Å². The van der Waals surface area contributed by atoms with Crippen LogP contribution in [-0.4, -0.2) is 56.8 Å². The molecular formula is C31H35Cl2N3O6S. The van der Waals surface area contributed by atoms with E-state index in [1.54, 1.807) is 30.3 Å². The second-order valence-electron chi connectivity index (χ2n) is 10.6. The van der Waals surface area contributed by atoms with E-state index in [-0.39, 0.29) is 43.0 Å². The van der Waals surface area contributed by atoms with Crippen LogP contribution in [0.15, 0.2) is 66.7 Å². The van der Waals surface area contributed by atoms with Crippen molar-refractivity contribution in [3.63, 3.8) is 0 Å². The summed E-state index contributed by atoms with van der Waals surface area (Å²) in [6, 6.07) is 18.1. The average molecular weight is 649 g/mol. The van der Waals surface area contributed by atoms with Crippen molar-refractivity contribution in [1.82, 2.24) is 10.2 Å². The number of carbonyl (C=O) groups excluding carboxylic acids is 2. The lowest BCUT2D eigenvalue weighted by Gasteiger charge is -2.34. The number of rotatable bonds is 13. The molecule has 0 radical (unpaired) electrons. The molecule has 3 aromatic carbocycles. The zero-order valence-electron chi connectivity index (χ0n) is 24.3. The van der Waals surface area contributed by atoms with Gasteiger partial charge in [0.15, 0.2) is 11.5 Å². The molecule has 1 aliphatic rings. The van der Waals surface area contributed by atoms with E-state index in [4.69, 9.17) is 32.7 Å². The van der Waals surface area contributed by atoms with Crippen molar-refractivity contribution in [3.8, 4) is 11.5 Å². The number of benzene rings is 3. The third-order valence-corrected chi connectivity index (χ3v) is 9.40. The Hall–Kier alpha value is -3.47. The molecule has 0 spiro atoms. The smallest absolute Gasteiger partial charge is 0.244 e. The molecule has 0 aliphatic carbocycles. The molecule has 0 fully saturated rings. The second-order valence-corrected chi connectivity index (χ2v) is 13.6. The Balaban J connectivity index is 1.75. The Morgan fingerprint density at radius 3 is 2.33 bits per heavy atom. The Morgan fingerprint density at radius 1 is 0.930 bits per heavy atom. The minimum absolute atomic E-state index is 0.0104. The van der Waals surface area contributed by atoms with E-state index in [1.807, 2.05) is 44.2 Å². The SMILES string of the molecule is CCS(=O)(=O)N(CC(=O)N(Cc1ccc(Cl)c(Cl)c1)[C@@H](Cc1ccccc1)C(=O)NCC(C)C)c1ccc2c(c1)OCO2. The number of amides is 2. The molecule has 4 rings (SSSR count). The highest BCUT2D eigenvalue weighted by atomic mass is 35.5. The zero-order valence-corrected chi connectivity index (χ0v) is 26.6. The summed E-state index contributed by atoms with van der Waals surface area (Å²) in [5.41, 5.74) is 1.72. The molecule has 12 heteroatoms. The van der Waals surface area contributed by atoms with Crippen LogP contribution in [0.3, 0.4) is 0 Å². The monoisotopic (exact) mass is 647 g/mol. The highest BCUT2D eigenvalue weighted by molar-refractivity contribution is 7.92. The quantitative estimate of drug-likeness (QED) is 0.270. The van der Waals surface area contributed by atoms with Gasteiger partial charge < -0.3 is 19.7 Å². The summed E-state index contributed by atoms with van der Waals surface area (Å²) in [5, 5.41) is 3.60. The van der Waals surface area contributed by atoms with Crippen LogP contribution in [0.25, 0.3) is 0 Å². The normalized spacial score (nSPS) is 13.1. The molecule has 1 heterocycles. The van der Waals surface area contributed by atoms with Crippen molar-refractivity contribution in [2.24, 2.45) is 5.92 Å². The van der Waals surface area contributed by atoms with Gasteiger partial charge in [-0.1, -0.05) is 73.4 Å². The summed E-state index contributed by atoms with van der Waals surface area (Å²) in [6.07, 6.45) is 0.211. The third kappa shape index (κ3) is 8.34. The van der Waals surface area contributed by atoms with E-state index in [2.05, 4.69) is 5.32 Å². The maximum atomic E-state index is 14.3. The van der Waals surface area contributed by atoms with Gasteiger partial charge in [-0.2, -0.15) is 0 Å². The molecule has 9 nitrogen and oxygen atoms in total. The summed E-state index contributed by atoms with van der Waals surface area (Å²) in [4.78, 5) is 29.4. The maximum absolute atomic E-state index is 14.3. The second kappa shape index (κ2) is 14.3. The first kappa shape index (κ1) is 32.4. The number of halogens is 2. The van der Waals surface area contributed by atoms with Gasteiger partial charge in [0, 0.05) is 25.6 Å². The number of hydrogen-bond donors (Lipinski definition) is 1. The molecule has 0 saturated heterocycles. The van der Waals surface area contributed by atoms with Crippen LogP contribution in [0.5, 0.6) is 11.5 Å². The summed E-state index contributed by atoms with van der Waals surface area (Å²) in [6.45, 7) is 5.33. The summed E-state index contributed by atoms with van der Waals surface area (Å²) < 4.78 is 38.6. The summed E-state index contributed by atoms with van der Waals surface area (Å²) >= 11 is 12.4. The zero-order chi connectivity index (χ0) is 31.1. The minimum atomic E-state index is -3.92. The predicted molar refractivity (Wildman–Crippen MR) is 168 cm³/mol. The highest BCUT2D eigenvalue weighted by Gasteiger charge is 2.34. The number of sulfonamides is 1. The highest BCUT2D eigenvalue weighted by Crippen LogP contribution is 2.36. The first-order valence-corrected chi connectivity index (χ1v) is 16.3. The fraction of sp³-hybridized carbons (Fsp3) is 0.355. The molecule has 1 atom stereocenters. The van der Waals surface area contributed by atoms with Crippen LogP contribution >= 0.6 is 23.2 Å². The Bertz CT molecular complexity index is 1550. The van der Waals surface area contributed by atoms with Crippen molar-refractivity contribution < 1.29 is 27.5 Å². The van der Waals surface area contributed by atoms with Crippen molar-refractivity contribution in [2.45, 2.75) is 39.8 Å². The number of nitrogens with one attached hydrogen (secondary N) is 1.